The Kier molecular flexibility index (Phi) is 8.31. The van der Waals surface area contributed by atoms with Crippen LogP contribution in [0.4, 0.5) is 11.8 Å². The van der Waals surface area contributed by atoms with E-state index in [1.165, 1.54) is 0 Å². The summed E-state index contributed by atoms with van der Waals surface area (Å²) < 4.78 is 13.5. The van der Waals surface area contributed by atoms with Gasteiger partial charge in [-0.25, -0.2) is 14.9 Å². The molecule has 3 aliphatic rings. The van der Waals surface area contributed by atoms with Crippen molar-refractivity contribution in [2.24, 2.45) is 0 Å². The second-order valence-corrected chi connectivity index (χ2v) is 13.1. The number of nitrogens with zero attached hydrogens (tertiary/aromatic N) is 7. The quantitative estimate of drug-likeness (QED) is 0.386. The summed E-state index contributed by atoms with van der Waals surface area (Å²) >= 11 is 0. The van der Waals surface area contributed by atoms with Gasteiger partial charge in [0.05, 0.1) is 23.8 Å². The SMILES string of the molecule is CN(C)C(=O)c1cc2cnc(Nc3ccc(C(=O)N4CC5CCC(C4)N5C(O)OC(C)(C)C)cn3)nc2n1C1CCCOC1. The average molecular weight is 607 g/mol. The number of nitrogens with one attached hydrogen (secondary N) is 1. The van der Waals surface area contributed by atoms with Crippen molar-refractivity contribution in [2.45, 2.75) is 76.6 Å². The number of anilines is 2. The van der Waals surface area contributed by atoms with E-state index in [-0.39, 0.29) is 29.9 Å². The number of fused-ring (bicyclic) bond motifs is 3. The summed E-state index contributed by atoms with van der Waals surface area (Å²) in [4.78, 5) is 45.6. The van der Waals surface area contributed by atoms with E-state index in [9.17, 15) is 14.7 Å². The number of hydrogen-bond acceptors (Lipinski definition) is 10. The zero-order valence-corrected chi connectivity index (χ0v) is 26.1. The molecule has 2 bridgehead atoms. The molecule has 13 heteroatoms. The van der Waals surface area contributed by atoms with Gasteiger partial charge in [-0.15, -0.1) is 0 Å². The Hall–Kier alpha value is -3.65. The van der Waals surface area contributed by atoms with Crippen molar-refractivity contribution >= 4 is 34.6 Å². The summed E-state index contributed by atoms with van der Waals surface area (Å²) in [5.74, 6) is 0.647. The molecule has 3 aromatic rings. The van der Waals surface area contributed by atoms with Crippen LogP contribution in [0.3, 0.4) is 0 Å². The van der Waals surface area contributed by atoms with Gasteiger partial charge in [-0.2, -0.15) is 4.98 Å². The van der Waals surface area contributed by atoms with Crippen LogP contribution in [-0.4, -0.2) is 116 Å². The van der Waals surface area contributed by atoms with Crippen LogP contribution in [0.5, 0.6) is 0 Å². The van der Waals surface area contributed by atoms with Gasteiger partial charge in [-0.3, -0.25) is 9.59 Å². The lowest BCUT2D eigenvalue weighted by Gasteiger charge is -2.44. The van der Waals surface area contributed by atoms with E-state index in [0.29, 0.717) is 55.0 Å². The molecule has 44 heavy (non-hydrogen) atoms. The van der Waals surface area contributed by atoms with Gasteiger partial charge in [-0.05, 0) is 64.7 Å². The predicted molar refractivity (Wildman–Crippen MR) is 164 cm³/mol. The van der Waals surface area contributed by atoms with Crippen LogP contribution in [0, 0.1) is 0 Å². The fourth-order valence-corrected chi connectivity index (χ4v) is 6.49. The zero-order valence-electron chi connectivity index (χ0n) is 26.1. The van der Waals surface area contributed by atoms with Crippen molar-refractivity contribution in [3.05, 3.63) is 41.9 Å². The number of pyridine rings is 1. The molecule has 0 radical (unpaired) electrons. The Balaban J connectivity index is 1.16. The van der Waals surface area contributed by atoms with E-state index in [0.717, 1.165) is 31.1 Å². The van der Waals surface area contributed by atoms with Crippen molar-refractivity contribution in [2.75, 3.05) is 45.7 Å². The number of carbonyl (C=O) groups excluding carboxylic acids is 2. The number of likely N-dealkylation sites (tertiary alicyclic amines) is 1. The first-order valence-electron chi connectivity index (χ1n) is 15.3. The van der Waals surface area contributed by atoms with Gasteiger partial charge in [0.15, 0.2) is 0 Å². The van der Waals surface area contributed by atoms with Crippen LogP contribution in [0.25, 0.3) is 11.0 Å². The maximum atomic E-state index is 13.4. The van der Waals surface area contributed by atoms with Gasteiger partial charge >= 0.3 is 0 Å². The monoisotopic (exact) mass is 606 g/mol. The first-order valence-corrected chi connectivity index (χ1v) is 15.3. The number of amides is 2. The van der Waals surface area contributed by atoms with Gasteiger partial charge in [0.2, 0.25) is 12.4 Å². The van der Waals surface area contributed by atoms with Crippen molar-refractivity contribution in [1.29, 1.82) is 0 Å². The molecule has 2 N–H and O–H groups in total. The third-order valence-corrected chi connectivity index (χ3v) is 8.49. The second kappa shape index (κ2) is 12.0. The molecule has 4 atom stereocenters. The molecule has 236 valence electrons. The van der Waals surface area contributed by atoms with Crippen LogP contribution < -0.4 is 5.32 Å². The Morgan fingerprint density at radius 2 is 1.84 bits per heavy atom. The summed E-state index contributed by atoms with van der Waals surface area (Å²) in [6.45, 7) is 8.04. The van der Waals surface area contributed by atoms with E-state index >= 15 is 0 Å². The Morgan fingerprint density at radius 3 is 2.45 bits per heavy atom. The van der Waals surface area contributed by atoms with Crippen molar-refractivity contribution < 1.29 is 24.2 Å². The topological polar surface area (TPSA) is 138 Å². The van der Waals surface area contributed by atoms with Crippen LogP contribution in [0.2, 0.25) is 0 Å². The molecule has 0 spiro atoms. The lowest BCUT2D eigenvalue weighted by Crippen LogP contribution is -2.59. The zero-order chi connectivity index (χ0) is 31.2. The minimum Gasteiger partial charge on any atom is -0.379 e. The molecule has 13 nitrogen and oxygen atoms in total. The van der Waals surface area contributed by atoms with E-state index < -0.39 is 12.0 Å². The van der Waals surface area contributed by atoms with Crippen LogP contribution in [0.15, 0.2) is 30.6 Å². The lowest BCUT2D eigenvalue weighted by atomic mass is 10.1. The summed E-state index contributed by atoms with van der Waals surface area (Å²) in [7, 11) is 3.47. The summed E-state index contributed by atoms with van der Waals surface area (Å²) in [6.07, 6.45) is 5.90. The molecule has 3 fully saturated rings. The summed E-state index contributed by atoms with van der Waals surface area (Å²) in [5, 5.41) is 14.6. The van der Waals surface area contributed by atoms with Crippen molar-refractivity contribution in [1.82, 2.24) is 34.2 Å². The van der Waals surface area contributed by atoms with E-state index in [4.69, 9.17) is 14.5 Å². The molecular formula is C31H42N8O5. The minimum atomic E-state index is -0.989. The molecule has 3 aliphatic heterocycles. The smallest absolute Gasteiger partial charge is 0.270 e. The Bertz CT molecular complexity index is 1500. The van der Waals surface area contributed by atoms with Gasteiger partial charge in [-0.1, -0.05) is 0 Å². The first kappa shape index (κ1) is 30.4. The fraction of sp³-hybridized carbons (Fsp3) is 0.581. The van der Waals surface area contributed by atoms with Gasteiger partial charge in [0, 0.05) is 63.7 Å². The van der Waals surface area contributed by atoms with E-state index in [2.05, 4.69) is 15.3 Å². The summed E-state index contributed by atoms with van der Waals surface area (Å²) in [5.41, 5.74) is 1.23. The normalized spacial score (nSPS) is 23.1. The number of aliphatic hydroxyl groups is 1. The van der Waals surface area contributed by atoms with Gasteiger partial charge < -0.3 is 34.3 Å². The number of piperazine rings is 1. The van der Waals surface area contributed by atoms with Crippen LogP contribution in [-0.2, 0) is 9.47 Å². The number of hydrogen-bond donors (Lipinski definition) is 2. The number of aromatic nitrogens is 4. The standard InChI is InChI=1S/C31H42N8O5/c1-31(2,3)44-30(42)38-21-9-10-22(38)17-37(16-21)27(40)19-8-11-25(32-14-19)34-29-33-15-20-13-24(28(41)36(4)5)39(26(20)35-29)23-7-6-12-43-18-23/h8,11,13-15,21-23,30,42H,6-7,9-10,12,16-18H2,1-5H3,(H,32,33,34,35). The van der Waals surface area contributed by atoms with Crippen molar-refractivity contribution in [3.8, 4) is 0 Å². The fourth-order valence-electron chi connectivity index (χ4n) is 6.49. The Morgan fingerprint density at radius 1 is 1.09 bits per heavy atom. The number of ether oxygens (including phenoxy) is 2. The van der Waals surface area contributed by atoms with E-state index in [1.807, 2.05) is 41.2 Å². The highest BCUT2D eigenvalue weighted by molar-refractivity contribution is 5.98. The molecule has 6 rings (SSSR count). The molecule has 3 saturated heterocycles. The Labute approximate surface area is 257 Å². The molecule has 2 amide bonds. The van der Waals surface area contributed by atoms with Crippen LogP contribution >= 0.6 is 0 Å². The van der Waals surface area contributed by atoms with Crippen molar-refractivity contribution in [3.63, 3.8) is 0 Å². The van der Waals surface area contributed by atoms with E-state index in [1.54, 1.807) is 43.5 Å². The third kappa shape index (κ3) is 6.14. The molecule has 0 aromatic carbocycles. The lowest BCUT2D eigenvalue weighted by molar-refractivity contribution is -0.256. The first-order chi connectivity index (χ1) is 21.0. The molecule has 4 unspecified atom stereocenters. The number of aliphatic hydroxyl groups excluding tert-OH is 1. The predicted octanol–water partition coefficient (Wildman–Crippen LogP) is 3.00. The minimum absolute atomic E-state index is 0.00213. The highest BCUT2D eigenvalue weighted by atomic mass is 16.6. The largest absolute Gasteiger partial charge is 0.379 e. The molecule has 0 aliphatic carbocycles. The van der Waals surface area contributed by atoms with Crippen LogP contribution in [0.1, 0.15) is 73.3 Å². The molecule has 3 aromatic heterocycles. The second-order valence-electron chi connectivity index (χ2n) is 13.1. The molecule has 0 saturated carbocycles. The highest BCUT2D eigenvalue weighted by Crippen LogP contribution is 2.34. The summed E-state index contributed by atoms with van der Waals surface area (Å²) in [6, 6.07) is 5.41. The van der Waals surface area contributed by atoms with Gasteiger partial charge in [0.1, 0.15) is 17.2 Å². The number of carbonyl (C=O) groups is 2. The van der Waals surface area contributed by atoms with Gasteiger partial charge in [0.25, 0.3) is 11.8 Å². The number of rotatable bonds is 7. The average Bonchev–Trinajstić information content (AvgIpc) is 3.50. The molecule has 6 heterocycles. The maximum absolute atomic E-state index is 13.4. The third-order valence-electron chi connectivity index (χ3n) is 8.49. The highest BCUT2D eigenvalue weighted by Gasteiger charge is 2.45. The maximum Gasteiger partial charge on any atom is 0.270 e. The molecular weight excluding hydrogens is 564 g/mol.